The fraction of sp³-hybridized carbons (Fsp3) is 0.176. The third-order valence-corrected chi connectivity index (χ3v) is 4.10. The summed E-state index contributed by atoms with van der Waals surface area (Å²) < 4.78 is 0. The molecule has 0 aromatic heterocycles. The van der Waals surface area contributed by atoms with E-state index in [2.05, 4.69) is 5.32 Å². The van der Waals surface area contributed by atoms with Crippen molar-refractivity contribution in [1.82, 2.24) is 0 Å². The number of carbonyl (C=O) groups excluding carboxylic acids is 2. The number of rotatable bonds is 5. The van der Waals surface area contributed by atoms with Gasteiger partial charge in [-0.25, -0.2) is 0 Å². The van der Waals surface area contributed by atoms with E-state index in [0.29, 0.717) is 11.3 Å². The lowest BCUT2D eigenvalue weighted by atomic mass is 10.1. The molecule has 0 aliphatic heterocycles. The normalized spacial score (nSPS) is 11.7. The molecular weight excluding hydrogens is 282 g/mol. The molecule has 0 saturated carbocycles. The lowest BCUT2D eigenvalue weighted by molar-refractivity contribution is -0.115. The van der Waals surface area contributed by atoms with Crippen molar-refractivity contribution in [1.29, 1.82) is 0 Å². The molecule has 2 rings (SSSR count). The molecule has 1 atom stereocenters. The molecule has 2 aromatic rings. The first-order chi connectivity index (χ1) is 10.1. The monoisotopic (exact) mass is 299 g/mol. The molecule has 4 heteroatoms. The van der Waals surface area contributed by atoms with Crippen molar-refractivity contribution in [2.75, 3.05) is 5.32 Å². The van der Waals surface area contributed by atoms with E-state index >= 15 is 0 Å². The van der Waals surface area contributed by atoms with Crippen LogP contribution < -0.4 is 5.32 Å². The number of Topliss-reactive ketones (excluding diaryl/α,β-unsaturated/α-hetero) is 1. The van der Waals surface area contributed by atoms with Gasteiger partial charge in [-0.3, -0.25) is 9.59 Å². The van der Waals surface area contributed by atoms with E-state index in [-0.39, 0.29) is 16.9 Å². The van der Waals surface area contributed by atoms with Gasteiger partial charge in [0, 0.05) is 16.1 Å². The second-order valence-electron chi connectivity index (χ2n) is 4.70. The summed E-state index contributed by atoms with van der Waals surface area (Å²) in [6, 6.07) is 16.7. The zero-order chi connectivity index (χ0) is 15.2. The lowest BCUT2D eigenvalue weighted by Crippen LogP contribution is -2.22. The van der Waals surface area contributed by atoms with Crippen LogP contribution in [0, 0.1) is 0 Å². The van der Waals surface area contributed by atoms with Crippen LogP contribution in [0.4, 0.5) is 5.69 Å². The summed E-state index contributed by atoms with van der Waals surface area (Å²) in [4.78, 5) is 24.4. The maximum absolute atomic E-state index is 12.1. The molecule has 0 unspecified atom stereocenters. The quantitative estimate of drug-likeness (QED) is 0.670. The number of carbonyl (C=O) groups is 2. The van der Waals surface area contributed by atoms with Gasteiger partial charge in [0.1, 0.15) is 0 Å². The third-order valence-electron chi connectivity index (χ3n) is 2.98. The van der Waals surface area contributed by atoms with E-state index in [1.54, 1.807) is 24.3 Å². The van der Waals surface area contributed by atoms with E-state index in [0.717, 1.165) is 4.90 Å². The largest absolute Gasteiger partial charge is 0.325 e. The predicted molar refractivity (Wildman–Crippen MR) is 86.8 cm³/mol. The summed E-state index contributed by atoms with van der Waals surface area (Å²) >= 11 is 1.51. The van der Waals surface area contributed by atoms with Gasteiger partial charge in [-0.1, -0.05) is 18.2 Å². The Morgan fingerprint density at radius 3 is 2.19 bits per heavy atom. The van der Waals surface area contributed by atoms with Gasteiger partial charge in [0.2, 0.25) is 5.91 Å². The number of hydrogen-bond donors (Lipinski definition) is 1. The Kier molecular flexibility index (Phi) is 5.17. The molecule has 0 spiro atoms. The number of benzene rings is 2. The molecule has 1 N–H and O–H groups in total. The highest BCUT2D eigenvalue weighted by Crippen LogP contribution is 2.23. The van der Waals surface area contributed by atoms with Crippen LogP contribution in [0.15, 0.2) is 59.5 Å². The van der Waals surface area contributed by atoms with Crippen LogP contribution in [0.3, 0.4) is 0 Å². The van der Waals surface area contributed by atoms with Gasteiger partial charge in [-0.05, 0) is 50.2 Å². The van der Waals surface area contributed by atoms with Crippen LogP contribution in [0.5, 0.6) is 0 Å². The summed E-state index contributed by atoms with van der Waals surface area (Å²) in [6.07, 6.45) is 0. The van der Waals surface area contributed by atoms with Crippen LogP contribution >= 0.6 is 11.8 Å². The molecular formula is C17H17NO2S. The molecule has 0 aliphatic carbocycles. The Bertz CT molecular complexity index is 623. The van der Waals surface area contributed by atoms with Gasteiger partial charge in [0.05, 0.1) is 5.25 Å². The number of hydrogen-bond acceptors (Lipinski definition) is 3. The highest BCUT2D eigenvalue weighted by molar-refractivity contribution is 8.00. The average molecular weight is 299 g/mol. The molecule has 108 valence electrons. The molecule has 3 nitrogen and oxygen atoms in total. The zero-order valence-corrected chi connectivity index (χ0v) is 12.8. The Morgan fingerprint density at radius 1 is 1.00 bits per heavy atom. The Morgan fingerprint density at radius 2 is 1.62 bits per heavy atom. The van der Waals surface area contributed by atoms with E-state index in [4.69, 9.17) is 0 Å². The lowest BCUT2D eigenvalue weighted by Gasteiger charge is -2.12. The van der Waals surface area contributed by atoms with Crippen molar-refractivity contribution in [3.05, 3.63) is 60.2 Å². The first-order valence-corrected chi connectivity index (χ1v) is 7.58. The van der Waals surface area contributed by atoms with Crippen LogP contribution in [0.2, 0.25) is 0 Å². The summed E-state index contributed by atoms with van der Waals surface area (Å²) in [5.74, 6) is -0.0414. The van der Waals surface area contributed by atoms with Crippen molar-refractivity contribution in [2.24, 2.45) is 0 Å². The maximum Gasteiger partial charge on any atom is 0.237 e. The van der Waals surface area contributed by atoms with E-state index < -0.39 is 0 Å². The highest BCUT2D eigenvalue weighted by Gasteiger charge is 2.14. The molecule has 0 radical (unpaired) electrons. The van der Waals surface area contributed by atoms with Crippen molar-refractivity contribution in [3.8, 4) is 0 Å². The smallest absolute Gasteiger partial charge is 0.237 e. The molecule has 21 heavy (non-hydrogen) atoms. The maximum atomic E-state index is 12.1. The number of amides is 1. The minimum atomic E-state index is -0.195. The summed E-state index contributed by atoms with van der Waals surface area (Å²) in [7, 11) is 0. The summed E-state index contributed by atoms with van der Waals surface area (Å²) in [5.41, 5.74) is 1.34. The first-order valence-electron chi connectivity index (χ1n) is 6.70. The van der Waals surface area contributed by atoms with Gasteiger partial charge in [-0.15, -0.1) is 11.8 Å². The number of nitrogens with one attached hydrogen (secondary N) is 1. The van der Waals surface area contributed by atoms with Crippen LogP contribution in [0.25, 0.3) is 0 Å². The second-order valence-corrected chi connectivity index (χ2v) is 6.11. The zero-order valence-electron chi connectivity index (χ0n) is 12.0. The fourth-order valence-electron chi connectivity index (χ4n) is 1.79. The minimum Gasteiger partial charge on any atom is -0.325 e. The Balaban J connectivity index is 1.95. The first kappa shape index (κ1) is 15.3. The van der Waals surface area contributed by atoms with Crippen molar-refractivity contribution in [3.63, 3.8) is 0 Å². The van der Waals surface area contributed by atoms with Crippen molar-refractivity contribution < 1.29 is 9.59 Å². The Hall–Kier alpha value is -2.07. The van der Waals surface area contributed by atoms with Gasteiger partial charge < -0.3 is 5.32 Å². The highest BCUT2D eigenvalue weighted by atomic mass is 32.2. The summed E-state index contributed by atoms with van der Waals surface area (Å²) in [5, 5.41) is 2.66. The van der Waals surface area contributed by atoms with Gasteiger partial charge in [0.25, 0.3) is 0 Å². The van der Waals surface area contributed by atoms with Crippen LogP contribution in [-0.2, 0) is 4.79 Å². The van der Waals surface area contributed by atoms with Gasteiger partial charge >= 0.3 is 0 Å². The molecule has 0 bridgehead atoms. The average Bonchev–Trinajstić information content (AvgIpc) is 2.48. The second kappa shape index (κ2) is 7.09. The topological polar surface area (TPSA) is 46.2 Å². The SMILES string of the molecule is CC(=O)c1ccc(NC(=O)[C@@H](C)Sc2ccccc2)cc1. The minimum absolute atomic E-state index is 0.0147. The number of ketones is 1. The van der Waals surface area contributed by atoms with Crippen molar-refractivity contribution in [2.45, 2.75) is 24.0 Å². The summed E-state index contributed by atoms with van der Waals surface area (Å²) in [6.45, 7) is 3.39. The standard InChI is InChI=1S/C17H17NO2S/c1-12(19)14-8-10-15(11-9-14)18-17(20)13(2)21-16-6-4-3-5-7-16/h3-11,13H,1-2H3,(H,18,20)/t13-/m1/s1. The molecule has 1 amide bonds. The number of thioether (sulfide) groups is 1. The van der Waals surface area contributed by atoms with E-state index in [9.17, 15) is 9.59 Å². The molecule has 2 aromatic carbocycles. The van der Waals surface area contributed by atoms with E-state index in [1.165, 1.54) is 18.7 Å². The van der Waals surface area contributed by atoms with Crippen LogP contribution in [0.1, 0.15) is 24.2 Å². The van der Waals surface area contributed by atoms with Gasteiger partial charge in [0.15, 0.2) is 5.78 Å². The van der Waals surface area contributed by atoms with E-state index in [1.807, 2.05) is 37.3 Å². The molecule has 0 aliphatic rings. The van der Waals surface area contributed by atoms with Crippen LogP contribution in [-0.4, -0.2) is 16.9 Å². The van der Waals surface area contributed by atoms with Gasteiger partial charge in [-0.2, -0.15) is 0 Å². The fourth-order valence-corrected chi connectivity index (χ4v) is 2.68. The number of anilines is 1. The molecule has 0 saturated heterocycles. The Labute approximate surface area is 128 Å². The predicted octanol–water partition coefficient (Wildman–Crippen LogP) is 4.01. The third kappa shape index (κ3) is 4.46. The van der Waals surface area contributed by atoms with Crippen molar-refractivity contribution >= 4 is 29.1 Å². The molecule has 0 fully saturated rings. The molecule has 0 heterocycles.